The Morgan fingerprint density at radius 3 is 2.73 bits per heavy atom. The molecule has 1 saturated carbocycles. The Kier molecular flexibility index (Phi) is 2.59. The fourth-order valence-electron chi connectivity index (χ4n) is 2.46. The Balaban J connectivity index is 2.27. The van der Waals surface area contributed by atoms with E-state index in [2.05, 4.69) is 25.1 Å². The highest BCUT2D eigenvalue weighted by atomic mass is 15.3. The average molecular weight is 207 g/mol. The third kappa shape index (κ3) is 1.69. The Morgan fingerprint density at radius 1 is 1.60 bits per heavy atom. The van der Waals surface area contributed by atoms with Crippen molar-refractivity contribution >= 4 is 0 Å². The minimum Gasteiger partial charge on any atom is -0.322 e. The smallest absolute Gasteiger partial charge is 0.0829 e. The van der Waals surface area contributed by atoms with E-state index in [0.29, 0.717) is 0 Å². The Bertz CT molecular complexity index is 350. The average Bonchev–Trinajstić information content (AvgIpc) is 2.54. The number of nitrogens with two attached hydrogens (primary N) is 1. The van der Waals surface area contributed by atoms with Crippen molar-refractivity contribution in [2.24, 2.45) is 18.2 Å². The molecular weight excluding hydrogens is 186 g/mol. The molecule has 3 heteroatoms. The third-order valence-electron chi connectivity index (χ3n) is 3.86. The first kappa shape index (κ1) is 10.7. The van der Waals surface area contributed by atoms with Crippen LogP contribution < -0.4 is 5.73 Å². The summed E-state index contributed by atoms with van der Waals surface area (Å²) in [6.45, 7) is 4.45. The monoisotopic (exact) mass is 207 g/mol. The van der Waals surface area contributed by atoms with Crippen LogP contribution in [-0.4, -0.2) is 9.78 Å². The van der Waals surface area contributed by atoms with Crippen molar-refractivity contribution in [2.45, 2.75) is 45.6 Å². The molecule has 2 N–H and O–H groups in total. The van der Waals surface area contributed by atoms with Gasteiger partial charge in [-0.1, -0.05) is 20.3 Å². The molecule has 15 heavy (non-hydrogen) atoms. The van der Waals surface area contributed by atoms with Crippen LogP contribution in [-0.2, 0) is 13.5 Å². The molecule has 1 aliphatic rings. The van der Waals surface area contributed by atoms with Gasteiger partial charge in [0, 0.05) is 13.2 Å². The molecule has 0 amide bonds. The van der Waals surface area contributed by atoms with E-state index in [1.54, 1.807) is 0 Å². The maximum atomic E-state index is 6.35. The van der Waals surface area contributed by atoms with E-state index in [-0.39, 0.29) is 11.5 Å². The fourth-order valence-corrected chi connectivity index (χ4v) is 2.46. The summed E-state index contributed by atoms with van der Waals surface area (Å²) < 4.78 is 1.88. The molecule has 1 aromatic heterocycles. The summed E-state index contributed by atoms with van der Waals surface area (Å²) in [5.41, 5.74) is 9.06. The van der Waals surface area contributed by atoms with E-state index in [1.165, 1.54) is 24.8 Å². The molecule has 1 unspecified atom stereocenters. The second-order valence-electron chi connectivity index (χ2n) is 5.05. The predicted molar refractivity (Wildman–Crippen MR) is 61.5 cm³/mol. The van der Waals surface area contributed by atoms with Crippen LogP contribution in [0, 0.1) is 5.41 Å². The molecule has 1 atom stereocenters. The van der Waals surface area contributed by atoms with Crippen molar-refractivity contribution in [3.8, 4) is 0 Å². The van der Waals surface area contributed by atoms with Gasteiger partial charge >= 0.3 is 0 Å². The van der Waals surface area contributed by atoms with Gasteiger partial charge in [-0.2, -0.15) is 5.10 Å². The van der Waals surface area contributed by atoms with Gasteiger partial charge < -0.3 is 5.73 Å². The van der Waals surface area contributed by atoms with Gasteiger partial charge in [-0.05, 0) is 30.2 Å². The molecule has 2 rings (SSSR count). The van der Waals surface area contributed by atoms with Crippen molar-refractivity contribution in [3.63, 3.8) is 0 Å². The van der Waals surface area contributed by atoms with Gasteiger partial charge in [-0.3, -0.25) is 4.68 Å². The molecule has 0 aliphatic heterocycles. The number of aryl methyl sites for hydroxylation is 2. The lowest BCUT2D eigenvalue weighted by Crippen LogP contribution is -2.38. The molecule has 0 aromatic carbocycles. The van der Waals surface area contributed by atoms with Crippen LogP contribution in [0.25, 0.3) is 0 Å². The molecule has 1 aliphatic carbocycles. The molecule has 3 nitrogen and oxygen atoms in total. The number of hydrogen-bond acceptors (Lipinski definition) is 2. The quantitative estimate of drug-likeness (QED) is 0.825. The van der Waals surface area contributed by atoms with E-state index >= 15 is 0 Å². The molecule has 1 heterocycles. The zero-order chi connectivity index (χ0) is 11.1. The number of aromatic nitrogens is 2. The van der Waals surface area contributed by atoms with E-state index < -0.39 is 0 Å². The second kappa shape index (κ2) is 3.63. The van der Waals surface area contributed by atoms with Crippen LogP contribution >= 0.6 is 0 Å². The van der Waals surface area contributed by atoms with Crippen LogP contribution in [0.4, 0.5) is 0 Å². The van der Waals surface area contributed by atoms with Crippen LogP contribution in [0.5, 0.6) is 0 Å². The van der Waals surface area contributed by atoms with Gasteiger partial charge in [0.25, 0.3) is 0 Å². The van der Waals surface area contributed by atoms with Crippen LogP contribution in [0.3, 0.4) is 0 Å². The lowest BCUT2D eigenvalue weighted by atomic mass is 9.64. The molecule has 0 spiro atoms. The van der Waals surface area contributed by atoms with Crippen molar-refractivity contribution in [3.05, 3.63) is 17.5 Å². The van der Waals surface area contributed by atoms with Crippen molar-refractivity contribution in [1.82, 2.24) is 9.78 Å². The Hall–Kier alpha value is -0.830. The van der Waals surface area contributed by atoms with Gasteiger partial charge in [0.05, 0.1) is 11.7 Å². The summed E-state index contributed by atoms with van der Waals surface area (Å²) in [6, 6.07) is 0.113. The Morgan fingerprint density at radius 2 is 2.27 bits per heavy atom. The summed E-state index contributed by atoms with van der Waals surface area (Å²) in [7, 11) is 1.97. The normalized spacial score (nSPS) is 21.1. The number of rotatable bonds is 3. The molecular formula is C12H21N3. The maximum Gasteiger partial charge on any atom is 0.0829 e. The highest BCUT2D eigenvalue weighted by Gasteiger charge is 2.40. The van der Waals surface area contributed by atoms with Gasteiger partial charge in [0.15, 0.2) is 0 Å². The van der Waals surface area contributed by atoms with Crippen molar-refractivity contribution < 1.29 is 0 Å². The van der Waals surface area contributed by atoms with Gasteiger partial charge in [-0.15, -0.1) is 0 Å². The number of hydrogen-bond donors (Lipinski definition) is 1. The zero-order valence-corrected chi connectivity index (χ0v) is 9.95. The minimum atomic E-state index is 0.113. The van der Waals surface area contributed by atoms with Crippen LogP contribution in [0.15, 0.2) is 6.20 Å². The summed E-state index contributed by atoms with van der Waals surface area (Å²) in [4.78, 5) is 0. The van der Waals surface area contributed by atoms with Crippen LogP contribution in [0.2, 0.25) is 0 Å². The summed E-state index contributed by atoms with van der Waals surface area (Å²) in [5, 5.41) is 4.52. The van der Waals surface area contributed by atoms with Gasteiger partial charge in [0.1, 0.15) is 0 Å². The summed E-state index contributed by atoms with van der Waals surface area (Å²) in [6.07, 6.45) is 6.92. The van der Waals surface area contributed by atoms with E-state index in [4.69, 9.17) is 5.73 Å². The zero-order valence-electron chi connectivity index (χ0n) is 9.95. The second-order valence-corrected chi connectivity index (χ2v) is 5.05. The van der Waals surface area contributed by atoms with Gasteiger partial charge in [-0.25, -0.2) is 0 Å². The third-order valence-corrected chi connectivity index (χ3v) is 3.86. The molecule has 0 bridgehead atoms. The van der Waals surface area contributed by atoms with Crippen molar-refractivity contribution in [1.29, 1.82) is 0 Å². The predicted octanol–water partition coefficient (Wildman–Crippen LogP) is 2.17. The largest absolute Gasteiger partial charge is 0.322 e. The van der Waals surface area contributed by atoms with E-state index in [0.717, 1.165) is 12.1 Å². The number of nitrogens with zero attached hydrogens (tertiary/aromatic N) is 2. The van der Waals surface area contributed by atoms with Gasteiger partial charge in [0.2, 0.25) is 0 Å². The standard InChI is InChI=1S/C12H21N3/c1-4-9-8-15(3)14-10(9)11(13)12(2)6-5-7-12/h8,11H,4-7,13H2,1-3H3. The lowest BCUT2D eigenvalue weighted by Gasteiger charge is -2.42. The highest BCUT2D eigenvalue weighted by molar-refractivity contribution is 5.23. The van der Waals surface area contributed by atoms with E-state index in [1.807, 2.05) is 11.7 Å². The topological polar surface area (TPSA) is 43.8 Å². The van der Waals surface area contributed by atoms with E-state index in [9.17, 15) is 0 Å². The Labute approximate surface area is 91.7 Å². The molecule has 0 radical (unpaired) electrons. The van der Waals surface area contributed by atoms with Crippen LogP contribution in [0.1, 0.15) is 50.4 Å². The lowest BCUT2D eigenvalue weighted by molar-refractivity contribution is 0.116. The molecule has 1 aromatic rings. The minimum absolute atomic E-state index is 0.113. The first-order valence-electron chi connectivity index (χ1n) is 5.85. The summed E-state index contributed by atoms with van der Waals surface area (Å²) >= 11 is 0. The molecule has 84 valence electrons. The SMILES string of the molecule is CCc1cn(C)nc1C(N)C1(C)CCC1. The first-order chi connectivity index (χ1) is 7.07. The fraction of sp³-hybridized carbons (Fsp3) is 0.750. The van der Waals surface area contributed by atoms with Crippen molar-refractivity contribution in [2.75, 3.05) is 0 Å². The molecule has 1 fully saturated rings. The summed E-state index contributed by atoms with van der Waals surface area (Å²) in [5.74, 6) is 0. The maximum absolute atomic E-state index is 6.35. The highest BCUT2D eigenvalue weighted by Crippen LogP contribution is 2.48. The molecule has 0 saturated heterocycles. The first-order valence-corrected chi connectivity index (χ1v) is 5.85.